The highest BCUT2D eigenvalue weighted by molar-refractivity contribution is 5.78. The van der Waals surface area contributed by atoms with Crippen LogP contribution in [0.15, 0.2) is 94.8 Å². The van der Waals surface area contributed by atoms with Gasteiger partial charge in [-0.3, -0.25) is 0 Å². The van der Waals surface area contributed by atoms with Crippen LogP contribution < -0.4 is 4.74 Å². The molecule has 0 saturated heterocycles. The Morgan fingerprint density at radius 1 is 1.06 bits per heavy atom. The summed E-state index contributed by atoms with van der Waals surface area (Å²) in [6.07, 6.45) is 6.17. The molecule has 0 amide bonds. The smallest absolute Gasteiger partial charge is 0.161 e. The summed E-state index contributed by atoms with van der Waals surface area (Å²) in [5, 5.41) is 11.6. The highest BCUT2D eigenvalue weighted by atomic mass is 19.2. The van der Waals surface area contributed by atoms with E-state index in [9.17, 15) is 13.9 Å². The van der Waals surface area contributed by atoms with Gasteiger partial charge in [0.1, 0.15) is 17.3 Å². The van der Waals surface area contributed by atoms with Crippen molar-refractivity contribution in [3.8, 4) is 5.75 Å². The minimum atomic E-state index is -0.931. The van der Waals surface area contributed by atoms with E-state index in [1.807, 2.05) is 26.0 Å². The lowest BCUT2D eigenvalue weighted by atomic mass is 9.69. The van der Waals surface area contributed by atoms with Crippen LogP contribution in [0.1, 0.15) is 54.9 Å². The lowest BCUT2D eigenvalue weighted by Gasteiger charge is -2.36. The van der Waals surface area contributed by atoms with Crippen LogP contribution in [0.25, 0.3) is 5.76 Å². The fourth-order valence-corrected chi connectivity index (χ4v) is 5.66. The topological polar surface area (TPSA) is 29.5 Å². The van der Waals surface area contributed by atoms with Crippen LogP contribution in [0, 0.1) is 31.4 Å². The van der Waals surface area contributed by atoms with E-state index in [0.29, 0.717) is 34.8 Å². The van der Waals surface area contributed by atoms with Gasteiger partial charge in [-0.25, -0.2) is 8.78 Å². The van der Waals surface area contributed by atoms with Crippen molar-refractivity contribution < 1.29 is 18.6 Å². The van der Waals surface area contributed by atoms with Crippen molar-refractivity contribution in [2.24, 2.45) is 5.92 Å². The van der Waals surface area contributed by atoms with Gasteiger partial charge in [0.15, 0.2) is 11.6 Å². The largest absolute Gasteiger partial charge is 0.507 e. The predicted molar refractivity (Wildman–Crippen MR) is 141 cm³/mol. The van der Waals surface area contributed by atoms with Crippen LogP contribution in [0.2, 0.25) is 0 Å². The number of hydrogen-bond donors (Lipinski definition) is 1. The summed E-state index contributed by atoms with van der Waals surface area (Å²) in [4.78, 5) is 0. The lowest BCUT2D eigenvalue weighted by Crippen LogP contribution is -2.22. The van der Waals surface area contributed by atoms with Crippen LogP contribution in [0.4, 0.5) is 8.78 Å². The summed E-state index contributed by atoms with van der Waals surface area (Å²) in [6.45, 7) is 16.2. The maximum atomic E-state index is 14.8. The third kappa shape index (κ3) is 3.85. The number of hydrogen-bond acceptors (Lipinski definition) is 2. The van der Waals surface area contributed by atoms with E-state index >= 15 is 0 Å². The van der Waals surface area contributed by atoms with E-state index in [-0.39, 0.29) is 17.1 Å². The van der Waals surface area contributed by atoms with Crippen LogP contribution in [0.5, 0.6) is 5.75 Å². The first-order valence-corrected chi connectivity index (χ1v) is 12.2. The van der Waals surface area contributed by atoms with Crippen molar-refractivity contribution in [1.82, 2.24) is 0 Å². The Kier molecular flexibility index (Phi) is 5.86. The van der Waals surface area contributed by atoms with Gasteiger partial charge >= 0.3 is 0 Å². The molecule has 4 heteroatoms. The molecule has 2 nitrogen and oxygen atoms in total. The Hall–Kier alpha value is -3.66. The van der Waals surface area contributed by atoms with Gasteiger partial charge in [-0.1, -0.05) is 49.9 Å². The van der Waals surface area contributed by atoms with E-state index < -0.39 is 17.6 Å². The molecule has 2 aliphatic carbocycles. The first-order valence-electron chi connectivity index (χ1n) is 12.2. The van der Waals surface area contributed by atoms with Gasteiger partial charge in [0, 0.05) is 11.5 Å². The highest BCUT2D eigenvalue weighted by Gasteiger charge is 2.37. The van der Waals surface area contributed by atoms with Crippen molar-refractivity contribution in [2.45, 2.75) is 46.5 Å². The molecule has 0 bridgehead atoms. The summed E-state index contributed by atoms with van der Waals surface area (Å²) >= 11 is 0. The van der Waals surface area contributed by atoms with E-state index in [2.05, 4.69) is 32.2 Å². The van der Waals surface area contributed by atoms with E-state index in [0.717, 1.165) is 34.3 Å². The molecule has 184 valence electrons. The van der Waals surface area contributed by atoms with E-state index in [1.165, 1.54) is 11.6 Å². The van der Waals surface area contributed by atoms with E-state index in [4.69, 9.17) is 4.74 Å². The quantitative estimate of drug-likeness (QED) is 0.472. The Balaban J connectivity index is 1.82. The van der Waals surface area contributed by atoms with Gasteiger partial charge in [0.2, 0.25) is 0 Å². The molecule has 36 heavy (non-hydrogen) atoms. The summed E-state index contributed by atoms with van der Waals surface area (Å²) in [5.41, 5.74) is 7.81. The van der Waals surface area contributed by atoms with Crippen LogP contribution in [-0.2, 0) is 0 Å². The molecule has 0 spiro atoms. The van der Waals surface area contributed by atoms with Gasteiger partial charge in [-0.15, -0.1) is 0 Å². The zero-order valence-corrected chi connectivity index (χ0v) is 21.1. The highest BCUT2D eigenvalue weighted by Crippen LogP contribution is 2.52. The molecule has 2 aromatic rings. The predicted octanol–water partition coefficient (Wildman–Crippen LogP) is 8.71. The summed E-state index contributed by atoms with van der Waals surface area (Å²) in [7, 11) is 0. The third-order valence-electron chi connectivity index (χ3n) is 7.45. The molecule has 0 fully saturated rings. The van der Waals surface area contributed by atoms with Gasteiger partial charge in [0.05, 0.1) is 5.56 Å². The zero-order chi connectivity index (χ0) is 25.9. The fraction of sp³-hybridized carbons (Fsp3) is 0.250. The second-order valence-corrected chi connectivity index (χ2v) is 10.2. The number of aryl methyl sites for hydroxylation is 2. The Labute approximate surface area is 211 Å². The number of aliphatic hydroxyl groups excluding tert-OH is 1. The number of benzene rings is 2. The molecule has 0 aromatic heterocycles. The lowest BCUT2D eigenvalue weighted by molar-refractivity contribution is 0.401. The van der Waals surface area contributed by atoms with Gasteiger partial charge in [-0.05, 0) is 96.7 Å². The molecule has 5 rings (SSSR count). The Bertz CT molecular complexity index is 1440. The molecule has 1 heterocycles. The van der Waals surface area contributed by atoms with Crippen LogP contribution >= 0.6 is 0 Å². The Morgan fingerprint density at radius 3 is 2.53 bits per heavy atom. The monoisotopic (exact) mass is 484 g/mol. The number of halogens is 2. The molecule has 0 saturated carbocycles. The van der Waals surface area contributed by atoms with Gasteiger partial charge < -0.3 is 9.84 Å². The second kappa shape index (κ2) is 8.77. The zero-order valence-electron chi connectivity index (χ0n) is 21.1. The maximum absolute atomic E-state index is 14.8. The molecule has 2 unspecified atom stereocenters. The first-order chi connectivity index (χ1) is 17.1. The molecule has 3 aliphatic rings. The molecule has 1 aliphatic heterocycles. The fourth-order valence-electron chi connectivity index (χ4n) is 5.66. The number of allylic oxidation sites excluding steroid dienone is 8. The normalized spacial score (nSPS) is 20.4. The average molecular weight is 485 g/mol. The van der Waals surface area contributed by atoms with Crippen molar-refractivity contribution in [2.75, 3.05) is 0 Å². The van der Waals surface area contributed by atoms with Gasteiger partial charge in [-0.2, -0.15) is 0 Å². The van der Waals surface area contributed by atoms with Crippen molar-refractivity contribution in [3.05, 3.63) is 129 Å². The molecular weight excluding hydrogens is 454 g/mol. The molecule has 2 aromatic carbocycles. The Morgan fingerprint density at radius 2 is 1.81 bits per heavy atom. The number of rotatable bonds is 3. The molecular formula is C32H30F2O2. The number of ether oxygens (including phenoxy) is 1. The minimum Gasteiger partial charge on any atom is -0.507 e. The summed E-state index contributed by atoms with van der Waals surface area (Å²) in [5.74, 6) is -1.25. The van der Waals surface area contributed by atoms with Crippen molar-refractivity contribution in [3.63, 3.8) is 0 Å². The maximum Gasteiger partial charge on any atom is 0.161 e. The SMILES string of the molecule is C=C1CC2=CCC(C)C=C2C(C)=C1C(C1=C(O)c2cc(C)ccc2OC1=C)c1cc(C)c(F)c(F)c1. The van der Waals surface area contributed by atoms with Crippen LogP contribution in [-0.4, -0.2) is 5.11 Å². The molecule has 2 atom stereocenters. The minimum absolute atomic E-state index is 0.0257. The average Bonchev–Trinajstić information content (AvgIpc) is 2.82. The van der Waals surface area contributed by atoms with Crippen molar-refractivity contribution >= 4 is 5.76 Å². The number of aliphatic hydroxyl groups is 1. The standard InChI is InChI=1S/C32H30F2O2/c1-16-7-9-22-13-18(3)28(20(5)24(22)11-16)30(23-14-19(4)31(34)26(33)15-23)29-21(6)36-27-10-8-17(2)12-25(27)32(29)35/h8-12,14-16,30,35H,3,6-7,13H2,1-2,4-5H3. The second-order valence-electron chi connectivity index (χ2n) is 10.2. The van der Waals surface area contributed by atoms with Gasteiger partial charge in [0.25, 0.3) is 0 Å². The number of fused-ring (bicyclic) bond motifs is 2. The van der Waals surface area contributed by atoms with Crippen LogP contribution in [0.3, 0.4) is 0 Å². The summed E-state index contributed by atoms with van der Waals surface area (Å²) in [6, 6.07) is 8.41. The summed E-state index contributed by atoms with van der Waals surface area (Å²) < 4.78 is 35.2. The molecule has 1 N–H and O–H groups in total. The molecule has 0 radical (unpaired) electrons. The first kappa shape index (κ1) is 24.1. The van der Waals surface area contributed by atoms with Crippen molar-refractivity contribution in [1.29, 1.82) is 0 Å². The third-order valence-corrected chi connectivity index (χ3v) is 7.45. The van der Waals surface area contributed by atoms with E-state index in [1.54, 1.807) is 19.1 Å².